The van der Waals surface area contributed by atoms with E-state index < -0.39 is 5.91 Å². The molecule has 2 N–H and O–H groups in total. The number of carbonyl (C=O) groups is 1. The average molecular weight is 352 g/mol. The number of amides is 1. The number of ether oxygens (including phenoxy) is 2. The largest absolute Gasteiger partial charge is 0.508 e. The van der Waals surface area contributed by atoms with Crippen molar-refractivity contribution in [3.05, 3.63) is 53.6 Å². The van der Waals surface area contributed by atoms with Crippen LogP contribution < -0.4 is 14.8 Å². The normalized spacial score (nSPS) is 11.0. The van der Waals surface area contributed by atoms with E-state index >= 15 is 0 Å². The summed E-state index contributed by atoms with van der Waals surface area (Å²) in [6, 6.07) is 13.1. The topological polar surface area (TPSA) is 91.6 Å². The quantitative estimate of drug-likeness (QED) is 0.610. The molecule has 26 heavy (non-hydrogen) atoms. The van der Waals surface area contributed by atoms with Gasteiger partial charge in [-0.15, -0.1) is 0 Å². The first-order valence-corrected chi connectivity index (χ1v) is 7.99. The smallest absolute Gasteiger partial charge is 0.266 e. The maximum absolute atomic E-state index is 12.3. The molecule has 6 heteroatoms. The molecule has 1 amide bonds. The molecule has 0 spiro atoms. The van der Waals surface area contributed by atoms with Gasteiger partial charge < -0.3 is 19.9 Å². The fourth-order valence-corrected chi connectivity index (χ4v) is 2.22. The van der Waals surface area contributed by atoms with Crippen molar-refractivity contribution in [3.63, 3.8) is 0 Å². The molecule has 0 saturated carbocycles. The van der Waals surface area contributed by atoms with Crippen LogP contribution in [0.2, 0.25) is 0 Å². The maximum atomic E-state index is 12.3. The van der Waals surface area contributed by atoms with Gasteiger partial charge in [-0.05, 0) is 49.8 Å². The summed E-state index contributed by atoms with van der Waals surface area (Å²) in [7, 11) is 1.52. The van der Waals surface area contributed by atoms with Gasteiger partial charge in [-0.1, -0.05) is 12.1 Å². The highest BCUT2D eigenvalue weighted by molar-refractivity contribution is 6.09. The molecule has 0 aromatic heterocycles. The van der Waals surface area contributed by atoms with Gasteiger partial charge in [0.1, 0.15) is 17.4 Å². The van der Waals surface area contributed by atoms with Crippen LogP contribution >= 0.6 is 0 Å². The van der Waals surface area contributed by atoms with Crippen molar-refractivity contribution >= 4 is 17.7 Å². The Kier molecular flexibility index (Phi) is 6.23. The highest BCUT2D eigenvalue weighted by atomic mass is 16.5. The first-order chi connectivity index (χ1) is 12.4. The first kappa shape index (κ1) is 18.9. The Bertz CT molecular complexity index is 866. The number of hydrogen-bond acceptors (Lipinski definition) is 5. The summed E-state index contributed by atoms with van der Waals surface area (Å²) in [4.78, 5) is 12.3. The molecule has 2 rings (SSSR count). The van der Waals surface area contributed by atoms with Crippen molar-refractivity contribution in [3.8, 4) is 23.3 Å². The lowest BCUT2D eigenvalue weighted by atomic mass is 10.1. The number of hydrogen-bond donors (Lipinski definition) is 2. The zero-order valence-corrected chi connectivity index (χ0v) is 14.8. The Labute approximate surface area is 152 Å². The highest BCUT2D eigenvalue weighted by Crippen LogP contribution is 2.30. The van der Waals surface area contributed by atoms with Gasteiger partial charge in [0.25, 0.3) is 5.91 Å². The number of phenolic OH excluding ortho intramolecular Hbond substituents is 1. The predicted molar refractivity (Wildman–Crippen MR) is 99.1 cm³/mol. The van der Waals surface area contributed by atoms with Gasteiger partial charge in [-0.2, -0.15) is 5.26 Å². The minimum absolute atomic E-state index is 0.00646. The van der Waals surface area contributed by atoms with E-state index in [1.807, 2.05) is 19.9 Å². The average Bonchev–Trinajstić information content (AvgIpc) is 2.60. The lowest BCUT2D eigenvalue weighted by molar-refractivity contribution is -0.112. The predicted octanol–water partition coefficient (Wildman–Crippen LogP) is 3.73. The van der Waals surface area contributed by atoms with Crippen molar-refractivity contribution in [1.29, 1.82) is 5.26 Å². The fraction of sp³-hybridized carbons (Fsp3) is 0.200. The second-order valence-electron chi connectivity index (χ2n) is 5.75. The van der Waals surface area contributed by atoms with Crippen LogP contribution in [-0.2, 0) is 4.79 Å². The van der Waals surface area contributed by atoms with Crippen LogP contribution in [0.1, 0.15) is 19.4 Å². The molecule has 0 atom stereocenters. The van der Waals surface area contributed by atoms with E-state index in [-0.39, 0.29) is 17.4 Å². The third-order valence-corrected chi connectivity index (χ3v) is 3.33. The molecule has 0 unspecified atom stereocenters. The van der Waals surface area contributed by atoms with Crippen molar-refractivity contribution in [1.82, 2.24) is 0 Å². The number of benzene rings is 2. The summed E-state index contributed by atoms with van der Waals surface area (Å²) in [6.07, 6.45) is 1.45. The molecule has 134 valence electrons. The number of carbonyl (C=O) groups excluding carboxylic acids is 1. The monoisotopic (exact) mass is 352 g/mol. The molecule has 0 aliphatic rings. The molecule has 6 nitrogen and oxygen atoms in total. The van der Waals surface area contributed by atoms with Gasteiger partial charge in [0, 0.05) is 11.8 Å². The third-order valence-electron chi connectivity index (χ3n) is 3.33. The number of aromatic hydroxyl groups is 1. The molecule has 0 bridgehead atoms. The standard InChI is InChI=1S/C20H20N2O4/c1-13(2)26-18-8-7-14(10-19(18)25-3)9-15(12-21)20(24)22-16-5-4-6-17(23)11-16/h4-11,13,23H,1-3H3,(H,22,24)/b15-9-. The Balaban J connectivity index is 2.24. The van der Waals surface area contributed by atoms with Gasteiger partial charge in [0.15, 0.2) is 11.5 Å². The molecule has 0 aliphatic heterocycles. The number of nitrogens with zero attached hydrogens (tertiary/aromatic N) is 1. The third kappa shape index (κ3) is 5.02. The molecule has 2 aromatic rings. The lowest BCUT2D eigenvalue weighted by Crippen LogP contribution is -2.13. The van der Waals surface area contributed by atoms with Crippen LogP contribution in [0.5, 0.6) is 17.2 Å². The summed E-state index contributed by atoms with van der Waals surface area (Å²) in [5.41, 5.74) is 0.947. The number of rotatable bonds is 6. The number of nitriles is 1. The summed E-state index contributed by atoms with van der Waals surface area (Å²) >= 11 is 0. The van der Waals surface area contributed by atoms with Gasteiger partial charge in [-0.3, -0.25) is 4.79 Å². The SMILES string of the molecule is COc1cc(/C=C(/C#N)C(=O)Nc2cccc(O)c2)ccc1OC(C)C. The molecule has 0 fully saturated rings. The van der Waals surface area contributed by atoms with Crippen molar-refractivity contribution in [2.45, 2.75) is 20.0 Å². The van der Waals surface area contributed by atoms with Crippen molar-refractivity contribution in [2.75, 3.05) is 12.4 Å². The van der Waals surface area contributed by atoms with E-state index in [0.717, 1.165) is 0 Å². The van der Waals surface area contributed by atoms with Gasteiger partial charge in [-0.25, -0.2) is 0 Å². The van der Waals surface area contributed by atoms with E-state index in [4.69, 9.17) is 9.47 Å². The van der Waals surface area contributed by atoms with Crippen LogP contribution in [-0.4, -0.2) is 24.2 Å². The molecule has 0 radical (unpaired) electrons. The fourth-order valence-electron chi connectivity index (χ4n) is 2.22. The summed E-state index contributed by atoms with van der Waals surface area (Å²) in [5, 5.41) is 21.3. The van der Waals surface area contributed by atoms with Crippen LogP contribution in [0.15, 0.2) is 48.0 Å². The Morgan fingerprint density at radius 2 is 2.00 bits per heavy atom. The number of nitrogens with one attached hydrogen (secondary N) is 1. The molecular weight excluding hydrogens is 332 g/mol. The number of methoxy groups -OCH3 is 1. The van der Waals surface area contributed by atoms with Crippen LogP contribution in [0, 0.1) is 11.3 Å². The van der Waals surface area contributed by atoms with E-state index in [0.29, 0.717) is 22.7 Å². The molecule has 0 aliphatic carbocycles. The van der Waals surface area contributed by atoms with Gasteiger partial charge in [0.2, 0.25) is 0 Å². The molecule has 0 heterocycles. The number of anilines is 1. The van der Waals surface area contributed by atoms with E-state index in [2.05, 4.69) is 5.32 Å². The molecular formula is C20H20N2O4. The molecule has 2 aromatic carbocycles. The zero-order valence-electron chi connectivity index (χ0n) is 14.8. The molecule has 0 saturated heterocycles. The van der Waals surface area contributed by atoms with Crippen molar-refractivity contribution in [2.24, 2.45) is 0 Å². The lowest BCUT2D eigenvalue weighted by Gasteiger charge is -2.13. The van der Waals surface area contributed by atoms with E-state index in [1.54, 1.807) is 30.3 Å². The highest BCUT2D eigenvalue weighted by Gasteiger charge is 2.12. The van der Waals surface area contributed by atoms with Gasteiger partial charge in [0.05, 0.1) is 13.2 Å². The van der Waals surface area contributed by atoms with E-state index in [9.17, 15) is 15.2 Å². The van der Waals surface area contributed by atoms with Crippen molar-refractivity contribution < 1.29 is 19.4 Å². The maximum Gasteiger partial charge on any atom is 0.266 e. The second-order valence-corrected chi connectivity index (χ2v) is 5.75. The summed E-state index contributed by atoms with van der Waals surface area (Å²) in [5.74, 6) is 0.552. The summed E-state index contributed by atoms with van der Waals surface area (Å²) in [6.45, 7) is 3.82. The zero-order chi connectivity index (χ0) is 19.1. The minimum Gasteiger partial charge on any atom is -0.508 e. The van der Waals surface area contributed by atoms with Crippen LogP contribution in [0.25, 0.3) is 6.08 Å². The Morgan fingerprint density at radius 1 is 1.23 bits per heavy atom. The number of phenols is 1. The first-order valence-electron chi connectivity index (χ1n) is 7.99. The second kappa shape index (κ2) is 8.58. The van der Waals surface area contributed by atoms with E-state index in [1.165, 1.54) is 25.3 Å². The van der Waals surface area contributed by atoms with Crippen LogP contribution in [0.4, 0.5) is 5.69 Å². The Hall–Kier alpha value is -3.46. The van der Waals surface area contributed by atoms with Crippen LogP contribution in [0.3, 0.4) is 0 Å². The minimum atomic E-state index is -0.570. The summed E-state index contributed by atoms with van der Waals surface area (Å²) < 4.78 is 11.0. The Morgan fingerprint density at radius 3 is 2.62 bits per heavy atom. The van der Waals surface area contributed by atoms with Gasteiger partial charge >= 0.3 is 0 Å².